The molecule has 0 bridgehead atoms. The lowest BCUT2D eigenvalue weighted by Gasteiger charge is -2.12. The maximum atomic E-state index is 11.6. The summed E-state index contributed by atoms with van der Waals surface area (Å²) in [7, 11) is 3.11. The van der Waals surface area contributed by atoms with Crippen molar-refractivity contribution < 1.29 is 14.3 Å². The minimum Gasteiger partial charge on any atom is -0.493 e. The molecule has 1 aromatic rings. The number of benzene rings is 1. The lowest BCUT2D eigenvalue weighted by atomic mass is 10.2. The van der Waals surface area contributed by atoms with Crippen LogP contribution >= 0.6 is 11.6 Å². The van der Waals surface area contributed by atoms with Crippen molar-refractivity contribution in [1.82, 2.24) is 0 Å². The molecule has 0 saturated heterocycles. The molecule has 1 aromatic carbocycles. The molecule has 94 valence electrons. The zero-order valence-corrected chi connectivity index (χ0v) is 10.9. The molecule has 0 fully saturated rings. The first-order valence-corrected chi connectivity index (χ1v) is 5.74. The summed E-state index contributed by atoms with van der Waals surface area (Å²) in [4.78, 5) is 11.6. The van der Waals surface area contributed by atoms with Gasteiger partial charge in [0.2, 0.25) is 5.91 Å². The van der Waals surface area contributed by atoms with E-state index in [1.165, 1.54) is 0 Å². The fourth-order valence-corrected chi connectivity index (χ4v) is 1.39. The summed E-state index contributed by atoms with van der Waals surface area (Å²) in [5.74, 6) is 1.13. The SMILES string of the molecule is COc1ccc(NC(=O)C(C)CCl)cc1OC. The Bertz CT molecular complexity index is 395. The van der Waals surface area contributed by atoms with Gasteiger partial charge in [-0.15, -0.1) is 11.6 Å². The topological polar surface area (TPSA) is 47.6 Å². The molecule has 5 heteroatoms. The number of carbonyl (C=O) groups excluding carboxylic acids is 1. The summed E-state index contributed by atoms with van der Waals surface area (Å²) in [6, 6.07) is 5.19. The van der Waals surface area contributed by atoms with Gasteiger partial charge in [-0.3, -0.25) is 4.79 Å². The average Bonchev–Trinajstić information content (AvgIpc) is 2.37. The van der Waals surface area contributed by atoms with Gasteiger partial charge in [0.15, 0.2) is 11.5 Å². The fourth-order valence-electron chi connectivity index (χ4n) is 1.25. The maximum Gasteiger partial charge on any atom is 0.228 e. The van der Waals surface area contributed by atoms with E-state index in [2.05, 4.69) is 5.32 Å². The van der Waals surface area contributed by atoms with Gasteiger partial charge in [0.1, 0.15) is 0 Å². The molecule has 0 saturated carbocycles. The molecule has 0 aliphatic carbocycles. The molecule has 0 aromatic heterocycles. The Balaban J connectivity index is 2.82. The van der Waals surface area contributed by atoms with Crippen molar-refractivity contribution in [1.29, 1.82) is 0 Å². The van der Waals surface area contributed by atoms with E-state index in [9.17, 15) is 4.79 Å². The van der Waals surface area contributed by atoms with Crippen molar-refractivity contribution in [2.75, 3.05) is 25.4 Å². The third kappa shape index (κ3) is 3.53. The molecular formula is C12H16ClNO3. The van der Waals surface area contributed by atoms with E-state index in [-0.39, 0.29) is 11.8 Å². The van der Waals surface area contributed by atoms with E-state index in [0.29, 0.717) is 23.1 Å². The van der Waals surface area contributed by atoms with Crippen LogP contribution in [0.5, 0.6) is 11.5 Å². The van der Waals surface area contributed by atoms with Crippen molar-refractivity contribution in [3.05, 3.63) is 18.2 Å². The van der Waals surface area contributed by atoms with Crippen molar-refractivity contribution in [3.63, 3.8) is 0 Å². The molecule has 0 aliphatic rings. The zero-order chi connectivity index (χ0) is 12.8. The van der Waals surface area contributed by atoms with E-state index < -0.39 is 0 Å². The Morgan fingerprint density at radius 2 is 2.00 bits per heavy atom. The molecule has 0 heterocycles. The van der Waals surface area contributed by atoms with E-state index >= 15 is 0 Å². The van der Waals surface area contributed by atoms with E-state index in [1.807, 2.05) is 0 Å². The highest BCUT2D eigenvalue weighted by atomic mass is 35.5. The number of ether oxygens (including phenoxy) is 2. The van der Waals surface area contributed by atoms with Gasteiger partial charge in [0.05, 0.1) is 14.2 Å². The van der Waals surface area contributed by atoms with Gasteiger partial charge in [-0.1, -0.05) is 6.92 Å². The van der Waals surface area contributed by atoms with Crippen LogP contribution in [0, 0.1) is 5.92 Å². The van der Waals surface area contributed by atoms with E-state index in [4.69, 9.17) is 21.1 Å². The molecule has 1 unspecified atom stereocenters. The van der Waals surface area contributed by atoms with Crippen LogP contribution in [0.2, 0.25) is 0 Å². The van der Waals surface area contributed by atoms with E-state index in [0.717, 1.165) is 0 Å². The number of hydrogen-bond donors (Lipinski definition) is 1. The molecule has 1 amide bonds. The van der Waals surface area contributed by atoms with Crippen LogP contribution in [0.25, 0.3) is 0 Å². The highest BCUT2D eigenvalue weighted by molar-refractivity contribution is 6.19. The van der Waals surface area contributed by atoms with E-state index in [1.54, 1.807) is 39.3 Å². The quantitative estimate of drug-likeness (QED) is 0.825. The van der Waals surface area contributed by atoms with Crippen molar-refractivity contribution in [2.45, 2.75) is 6.92 Å². The summed E-state index contributed by atoms with van der Waals surface area (Å²) in [5, 5.41) is 2.76. The Kier molecular flexibility index (Phi) is 5.10. The number of amides is 1. The van der Waals surface area contributed by atoms with Gasteiger partial charge in [-0.25, -0.2) is 0 Å². The average molecular weight is 258 g/mol. The number of nitrogens with one attached hydrogen (secondary N) is 1. The van der Waals surface area contributed by atoms with Crippen LogP contribution in [0.4, 0.5) is 5.69 Å². The fraction of sp³-hybridized carbons (Fsp3) is 0.417. The van der Waals surface area contributed by atoms with Crippen LogP contribution in [0.1, 0.15) is 6.92 Å². The predicted molar refractivity (Wildman–Crippen MR) is 68.1 cm³/mol. The van der Waals surface area contributed by atoms with Gasteiger partial charge < -0.3 is 14.8 Å². The summed E-state index contributed by atoms with van der Waals surface area (Å²) >= 11 is 5.61. The highest BCUT2D eigenvalue weighted by Gasteiger charge is 2.12. The monoisotopic (exact) mass is 257 g/mol. The Hall–Kier alpha value is -1.42. The summed E-state index contributed by atoms with van der Waals surface area (Å²) < 4.78 is 10.2. The molecule has 1 N–H and O–H groups in total. The number of methoxy groups -OCH3 is 2. The smallest absolute Gasteiger partial charge is 0.228 e. The number of rotatable bonds is 5. The normalized spacial score (nSPS) is 11.8. The molecule has 1 atom stereocenters. The van der Waals surface area contributed by atoms with Gasteiger partial charge in [-0.2, -0.15) is 0 Å². The van der Waals surface area contributed by atoms with Gasteiger partial charge in [0, 0.05) is 23.6 Å². The molecule has 0 spiro atoms. The Labute approximate surface area is 106 Å². The minimum atomic E-state index is -0.232. The third-order valence-corrected chi connectivity index (χ3v) is 2.79. The van der Waals surface area contributed by atoms with Crippen LogP contribution in [-0.4, -0.2) is 26.0 Å². The summed E-state index contributed by atoms with van der Waals surface area (Å²) in [6.07, 6.45) is 0. The van der Waals surface area contributed by atoms with Crippen LogP contribution in [0.15, 0.2) is 18.2 Å². The predicted octanol–water partition coefficient (Wildman–Crippen LogP) is 2.52. The number of alkyl halides is 1. The minimum absolute atomic E-state index is 0.118. The summed E-state index contributed by atoms with van der Waals surface area (Å²) in [6.45, 7) is 1.77. The lowest BCUT2D eigenvalue weighted by Crippen LogP contribution is -2.21. The van der Waals surface area contributed by atoms with Crippen molar-refractivity contribution >= 4 is 23.2 Å². The second-order valence-corrected chi connectivity index (χ2v) is 3.92. The first kappa shape index (κ1) is 13.6. The number of carbonyl (C=O) groups is 1. The second kappa shape index (κ2) is 6.35. The maximum absolute atomic E-state index is 11.6. The Morgan fingerprint density at radius 1 is 1.35 bits per heavy atom. The zero-order valence-electron chi connectivity index (χ0n) is 10.1. The van der Waals surface area contributed by atoms with Crippen LogP contribution < -0.4 is 14.8 Å². The Morgan fingerprint density at radius 3 is 2.53 bits per heavy atom. The van der Waals surface area contributed by atoms with Gasteiger partial charge in [-0.05, 0) is 12.1 Å². The molecule has 0 radical (unpaired) electrons. The number of halogens is 1. The molecule has 0 aliphatic heterocycles. The highest BCUT2D eigenvalue weighted by Crippen LogP contribution is 2.29. The number of hydrogen-bond acceptors (Lipinski definition) is 3. The molecular weight excluding hydrogens is 242 g/mol. The second-order valence-electron chi connectivity index (χ2n) is 3.61. The third-order valence-electron chi connectivity index (χ3n) is 2.33. The lowest BCUT2D eigenvalue weighted by molar-refractivity contribution is -0.118. The van der Waals surface area contributed by atoms with Crippen LogP contribution in [0.3, 0.4) is 0 Å². The van der Waals surface area contributed by atoms with Gasteiger partial charge >= 0.3 is 0 Å². The molecule has 1 rings (SSSR count). The van der Waals surface area contributed by atoms with Gasteiger partial charge in [0.25, 0.3) is 0 Å². The summed E-state index contributed by atoms with van der Waals surface area (Å²) in [5.41, 5.74) is 0.657. The van der Waals surface area contributed by atoms with Crippen molar-refractivity contribution in [2.24, 2.45) is 5.92 Å². The van der Waals surface area contributed by atoms with Crippen LogP contribution in [-0.2, 0) is 4.79 Å². The largest absolute Gasteiger partial charge is 0.493 e. The van der Waals surface area contributed by atoms with Crippen molar-refractivity contribution in [3.8, 4) is 11.5 Å². The first-order valence-electron chi connectivity index (χ1n) is 5.21. The molecule has 4 nitrogen and oxygen atoms in total. The first-order chi connectivity index (χ1) is 8.12. The molecule has 17 heavy (non-hydrogen) atoms. The number of anilines is 1. The standard InChI is InChI=1S/C12H16ClNO3/c1-8(7-13)12(15)14-9-4-5-10(16-2)11(6-9)17-3/h4-6,8H,7H2,1-3H3,(H,14,15).